The Bertz CT molecular complexity index is 279. The molecule has 1 atom stereocenters. The average Bonchev–Trinajstić information content (AvgIpc) is 2.32. The fourth-order valence-corrected chi connectivity index (χ4v) is 2.33. The molecule has 0 fully saturated rings. The highest BCUT2D eigenvalue weighted by atomic mass is 32.2. The molecule has 0 bridgehead atoms. The lowest BCUT2D eigenvalue weighted by Crippen LogP contribution is -2.30. The lowest BCUT2D eigenvalue weighted by molar-refractivity contribution is 0.596. The van der Waals surface area contributed by atoms with Crippen LogP contribution in [0.3, 0.4) is 0 Å². The van der Waals surface area contributed by atoms with Gasteiger partial charge in [-0.2, -0.15) is 0 Å². The summed E-state index contributed by atoms with van der Waals surface area (Å²) in [6, 6.07) is -0.275. The van der Waals surface area contributed by atoms with E-state index in [0.29, 0.717) is 0 Å². The Hall–Kier alpha value is -0.350. The highest BCUT2D eigenvalue weighted by molar-refractivity contribution is 7.90. The zero-order valence-corrected chi connectivity index (χ0v) is 8.10. The third kappa shape index (κ3) is 2.95. The van der Waals surface area contributed by atoms with Crippen molar-refractivity contribution in [3.05, 3.63) is 11.6 Å². The predicted octanol–water partition coefficient (Wildman–Crippen LogP) is 0.469. The van der Waals surface area contributed by atoms with Crippen LogP contribution >= 0.6 is 0 Å². The first-order chi connectivity index (χ1) is 5.49. The molecular weight excluding hydrogens is 174 g/mol. The molecule has 2 N–H and O–H groups in total. The molecular formula is C8H15NO2S. The van der Waals surface area contributed by atoms with Crippen molar-refractivity contribution in [2.45, 2.75) is 25.3 Å². The topological polar surface area (TPSA) is 60.2 Å². The van der Waals surface area contributed by atoms with Crippen molar-refractivity contribution in [1.82, 2.24) is 0 Å². The van der Waals surface area contributed by atoms with Crippen molar-refractivity contribution in [2.24, 2.45) is 5.73 Å². The molecule has 1 rings (SSSR count). The van der Waals surface area contributed by atoms with Gasteiger partial charge in [-0.25, -0.2) is 8.42 Å². The van der Waals surface area contributed by atoms with E-state index in [9.17, 15) is 8.42 Å². The van der Waals surface area contributed by atoms with E-state index < -0.39 is 9.84 Å². The van der Waals surface area contributed by atoms with E-state index in [2.05, 4.69) is 6.08 Å². The number of nitrogens with two attached hydrogens (primary N) is 1. The molecule has 0 saturated heterocycles. The summed E-state index contributed by atoms with van der Waals surface area (Å²) >= 11 is 0. The van der Waals surface area contributed by atoms with Gasteiger partial charge in [-0.05, 0) is 19.3 Å². The van der Waals surface area contributed by atoms with Gasteiger partial charge in [0.25, 0.3) is 0 Å². The Morgan fingerprint density at radius 1 is 1.67 bits per heavy atom. The molecule has 1 unspecified atom stereocenters. The predicted molar refractivity (Wildman–Crippen MR) is 49.6 cm³/mol. The number of sulfone groups is 1. The SMILES string of the molecule is CS(=O)(=O)CC(N)C1=CCCC1. The van der Waals surface area contributed by atoms with Crippen molar-refractivity contribution in [3.8, 4) is 0 Å². The van der Waals surface area contributed by atoms with Crippen LogP contribution in [0.15, 0.2) is 11.6 Å². The summed E-state index contributed by atoms with van der Waals surface area (Å²) < 4.78 is 21.8. The zero-order chi connectivity index (χ0) is 9.19. The maximum absolute atomic E-state index is 10.9. The second kappa shape index (κ2) is 3.58. The van der Waals surface area contributed by atoms with Gasteiger partial charge < -0.3 is 5.73 Å². The second-order valence-corrected chi connectivity index (χ2v) is 5.56. The normalized spacial score (nSPS) is 20.7. The minimum Gasteiger partial charge on any atom is -0.323 e. The van der Waals surface area contributed by atoms with Gasteiger partial charge in [0, 0.05) is 12.3 Å². The van der Waals surface area contributed by atoms with E-state index in [1.165, 1.54) is 6.26 Å². The molecule has 12 heavy (non-hydrogen) atoms. The molecule has 1 aliphatic rings. The summed E-state index contributed by atoms with van der Waals surface area (Å²) in [5.41, 5.74) is 6.83. The van der Waals surface area contributed by atoms with Crippen LogP contribution < -0.4 is 5.73 Å². The number of hydrogen-bond donors (Lipinski definition) is 1. The fourth-order valence-electron chi connectivity index (χ4n) is 1.47. The minimum atomic E-state index is -2.93. The van der Waals surface area contributed by atoms with Gasteiger partial charge in [-0.3, -0.25) is 0 Å². The van der Waals surface area contributed by atoms with Gasteiger partial charge in [0.2, 0.25) is 0 Å². The molecule has 0 aromatic rings. The third-order valence-electron chi connectivity index (χ3n) is 2.03. The first-order valence-corrected chi connectivity index (χ1v) is 6.17. The van der Waals surface area contributed by atoms with Crippen LogP contribution in [0.4, 0.5) is 0 Å². The van der Waals surface area contributed by atoms with Gasteiger partial charge in [0.1, 0.15) is 9.84 Å². The second-order valence-electron chi connectivity index (χ2n) is 3.37. The Morgan fingerprint density at radius 2 is 2.33 bits per heavy atom. The minimum absolute atomic E-state index is 0.0822. The first-order valence-electron chi connectivity index (χ1n) is 4.11. The van der Waals surface area contributed by atoms with Crippen molar-refractivity contribution < 1.29 is 8.42 Å². The molecule has 0 heterocycles. The summed E-state index contributed by atoms with van der Waals surface area (Å²) in [7, 11) is -2.93. The summed E-state index contributed by atoms with van der Waals surface area (Å²) in [5, 5.41) is 0. The van der Waals surface area contributed by atoms with Crippen LogP contribution in [0, 0.1) is 0 Å². The van der Waals surface area contributed by atoms with Crippen LogP contribution in [0.1, 0.15) is 19.3 Å². The quantitative estimate of drug-likeness (QED) is 0.656. The smallest absolute Gasteiger partial charge is 0.149 e. The molecule has 0 aromatic carbocycles. The summed E-state index contributed by atoms with van der Waals surface area (Å²) in [4.78, 5) is 0. The van der Waals surface area contributed by atoms with Gasteiger partial charge in [-0.15, -0.1) is 0 Å². The highest BCUT2D eigenvalue weighted by Crippen LogP contribution is 2.20. The number of hydrogen-bond acceptors (Lipinski definition) is 3. The van der Waals surface area contributed by atoms with E-state index in [-0.39, 0.29) is 11.8 Å². The Morgan fingerprint density at radius 3 is 2.75 bits per heavy atom. The van der Waals surface area contributed by atoms with E-state index in [1.807, 2.05) is 0 Å². The number of rotatable bonds is 3. The van der Waals surface area contributed by atoms with E-state index in [1.54, 1.807) is 0 Å². The van der Waals surface area contributed by atoms with Crippen LogP contribution in [0.25, 0.3) is 0 Å². The maximum Gasteiger partial charge on any atom is 0.149 e. The average molecular weight is 189 g/mol. The largest absolute Gasteiger partial charge is 0.323 e. The Labute approximate surface area is 73.6 Å². The summed E-state index contributed by atoms with van der Waals surface area (Å²) in [6.07, 6.45) is 6.43. The lowest BCUT2D eigenvalue weighted by atomic mass is 10.1. The Kier molecular flexibility index (Phi) is 2.90. The van der Waals surface area contributed by atoms with Crippen molar-refractivity contribution in [2.75, 3.05) is 12.0 Å². The lowest BCUT2D eigenvalue weighted by Gasteiger charge is -2.10. The summed E-state index contributed by atoms with van der Waals surface area (Å²) in [5.74, 6) is 0.0822. The Balaban J connectivity index is 2.54. The van der Waals surface area contributed by atoms with E-state index in [4.69, 9.17) is 5.73 Å². The molecule has 0 amide bonds. The molecule has 0 aliphatic heterocycles. The summed E-state index contributed by atoms with van der Waals surface area (Å²) in [6.45, 7) is 0. The third-order valence-corrected chi connectivity index (χ3v) is 3.00. The van der Waals surface area contributed by atoms with Crippen LogP contribution in [-0.2, 0) is 9.84 Å². The van der Waals surface area contributed by atoms with Gasteiger partial charge >= 0.3 is 0 Å². The standard InChI is InChI=1S/C8H15NO2S/c1-12(10,11)6-8(9)7-4-2-3-5-7/h4,8H,2-3,5-6,9H2,1H3. The van der Waals surface area contributed by atoms with Gasteiger partial charge in [0.15, 0.2) is 0 Å². The molecule has 0 spiro atoms. The monoisotopic (exact) mass is 189 g/mol. The molecule has 3 nitrogen and oxygen atoms in total. The molecule has 1 aliphatic carbocycles. The van der Waals surface area contributed by atoms with Gasteiger partial charge in [0.05, 0.1) is 5.75 Å². The molecule has 0 saturated carbocycles. The van der Waals surface area contributed by atoms with Gasteiger partial charge in [-0.1, -0.05) is 11.6 Å². The molecule has 70 valence electrons. The van der Waals surface area contributed by atoms with E-state index in [0.717, 1.165) is 24.8 Å². The fraction of sp³-hybridized carbons (Fsp3) is 0.750. The first kappa shape index (κ1) is 9.74. The van der Waals surface area contributed by atoms with Crippen LogP contribution in [0.2, 0.25) is 0 Å². The number of allylic oxidation sites excluding steroid dienone is 1. The van der Waals surface area contributed by atoms with Crippen LogP contribution in [-0.4, -0.2) is 26.5 Å². The molecule has 0 aromatic heterocycles. The maximum atomic E-state index is 10.9. The van der Waals surface area contributed by atoms with Crippen molar-refractivity contribution in [1.29, 1.82) is 0 Å². The zero-order valence-electron chi connectivity index (χ0n) is 7.29. The van der Waals surface area contributed by atoms with Crippen LogP contribution in [0.5, 0.6) is 0 Å². The molecule has 4 heteroatoms. The molecule has 0 radical (unpaired) electrons. The highest BCUT2D eigenvalue weighted by Gasteiger charge is 2.17. The van der Waals surface area contributed by atoms with Crippen molar-refractivity contribution in [3.63, 3.8) is 0 Å². The van der Waals surface area contributed by atoms with Crippen molar-refractivity contribution >= 4 is 9.84 Å². The van der Waals surface area contributed by atoms with E-state index >= 15 is 0 Å².